The van der Waals surface area contributed by atoms with Gasteiger partial charge < -0.3 is 14.3 Å². The Balaban J connectivity index is 1.36. The number of benzene rings is 1. The molecule has 1 aliphatic carbocycles. The molecule has 11 heteroatoms. The maximum Gasteiger partial charge on any atom is 0.528 e. The SMILES string of the molecule is CC(C)(C)OC(=O)ON1Cc2cc(Cl)ccc2-n2c(nnc2C2CCC(Oc3cccnn3)CC2)C1. The Morgan fingerprint density at radius 2 is 1.86 bits per heavy atom. The van der Waals surface area contributed by atoms with E-state index in [1.165, 1.54) is 5.06 Å². The number of carbonyl (C=O) groups excluding carboxylic acids is 1. The lowest BCUT2D eigenvalue weighted by Crippen LogP contribution is -2.31. The van der Waals surface area contributed by atoms with E-state index in [0.717, 1.165) is 42.8 Å². The third kappa shape index (κ3) is 5.60. The predicted molar refractivity (Wildman–Crippen MR) is 131 cm³/mol. The van der Waals surface area contributed by atoms with Crippen LogP contribution in [0.2, 0.25) is 5.02 Å². The number of ether oxygens (including phenoxy) is 2. The van der Waals surface area contributed by atoms with Crippen molar-refractivity contribution in [3.05, 3.63) is 58.8 Å². The maximum atomic E-state index is 12.4. The van der Waals surface area contributed by atoms with Gasteiger partial charge in [-0.1, -0.05) is 11.6 Å². The molecule has 1 aromatic carbocycles. The summed E-state index contributed by atoms with van der Waals surface area (Å²) in [6.45, 7) is 5.99. The molecular formula is C25H29ClN6O4. The van der Waals surface area contributed by atoms with Crippen LogP contribution in [0.3, 0.4) is 0 Å². The van der Waals surface area contributed by atoms with Crippen molar-refractivity contribution in [2.24, 2.45) is 0 Å². The van der Waals surface area contributed by atoms with Gasteiger partial charge in [0, 0.05) is 23.2 Å². The minimum absolute atomic E-state index is 0.0910. The van der Waals surface area contributed by atoms with Crippen LogP contribution in [0, 0.1) is 0 Å². The smallest absolute Gasteiger partial charge is 0.473 e. The summed E-state index contributed by atoms with van der Waals surface area (Å²) < 4.78 is 13.4. The first-order valence-electron chi connectivity index (χ1n) is 12.1. The molecule has 1 saturated carbocycles. The van der Waals surface area contributed by atoms with Gasteiger partial charge >= 0.3 is 6.16 Å². The largest absolute Gasteiger partial charge is 0.528 e. The fraction of sp³-hybridized carbons (Fsp3) is 0.480. The molecule has 10 nitrogen and oxygen atoms in total. The van der Waals surface area contributed by atoms with Gasteiger partial charge in [-0.2, -0.15) is 5.10 Å². The van der Waals surface area contributed by atoms with Crippen molar-refractivity contribution in [2.45, 2.75) is 77.2 Å². The summed E-state index contributed by atoms with van der Waals surface area (Å²) in [7, 11) is 0. The van der Waals surface area contributed by atoms with Gasteiger partial charge in [0.1, 0.15) is 17.5 Å². The van der Waals surface area contributed by atoms with Gasteiger partial charge in [0.2, 0.25) is 5.88 Å². The first-order valence-corrected chi connectivity index (χ1v) is 12.5. The van der Waals surface area contributed by atoms with E-state index in [1.807, 2.05) is 30.3 Å². The predicted octanol–water partition coefficient (Wildman–Crippen LogP) is 5.00. The number of carbonyl (C=O) groups is 1. The minimum atomic E-state index is -0.763. The number of halogens is 1. The Bertz CT molecular complexity index is 1220. The Labute approximate surface area is 214 Å². The van der Waals surface area contributed by atoms with E-state index in [0.29, 0.717) is 23.3 Å². The van der Waals surface area contributed by atoms with Crippen molar-refractivity contribution in [3.8, 4) is 11.6 Å². The summed E-state index contributed by atoms with van der Waals surface area (Å²) in [5.41, 5.74) is 1.18. The highest BCUT2D eigenvalue weighted by molar-refractivity contribution is 6.30. The molecule has 0 N–H and O–H groups in total. The highest BCUT2D eigenvalue weighted by atomic mass is 35.5. The summed E-state index contributed by atoms with van der Waals surface area (Å²) >= 11 is 6.33. The average molecular weight is 513 g/mol. The van der Waals surface area contributed by atoms with Gasteiger partial charge in [-0.25, -0.2) is 4.79 Å². The van der Waals surface area contributed by atoms with Crippen LogP contribution in [0.1, 0.15) is 69.6 Å². The van der Waals surface area contributed by atoms with E-state index < -0.39 is 11.8 Å². The van der Waals surface area contributed by atoms with Crippen molar-refractivity contribution in [1.82, 2.24) is 30.0 Å². The third-order valence-electron chi connectivity index (χ3n) is 6.17. The Hall–Kier alpha value is -3.24. The van der Waals surface area contributed by atoms with Gasteiger partial charge in [-0.15, -0.1) is 20.4 Å². The second kappa shape index (κ2) is 10.0. The topological polar surface area (TPSA) is 104 Å². The lowest BCUT2D eigenvalue weighted by atomic mass is 9.86. The monoisotopic (exact) mass is 512 g/mol. The average Bonchev–Trinajstić information content (AvgIpc) is 3.15. The van der Waals surface area contributed by atoms with Crippen LogP contribution in [-0.2, 0) is 22.7 Å². The molecule has 0 amide bonds. The molecule has 3 heterocycles. The summed E-state index contributed by atoms with van der Waals surface area (Å²) in [6.07, 6.45) is 4.53. The number of fused-ring (bicyclic) bond motifs is 3. The summed E-state index contributed by atoms with van der Waals surface area (Å²) in [5.74, 6) is 2.35. The first-order chi connectivity index (χ1) is 17.2. The molecule has 2 aliphatic rings. The van der Waals surface area contributed by atoms with Crippen LogP contribution >= 0.6 is 11.6 Å². The summed E-state index contributed by atoms with van der Waals surface area (Å²) in [5, 5.41) is 19.1. The zero-order valence-corrected chi connectivity index (χ0v) is 21.3. The minimum Gasteiger partial charge on any atom is -0.473 e. The lowest BCUT2D eigenvalue weighted by molar-refractivity contribution is -0.155. The molecule has 0 unspecified atom stereocenters. The second-order valence-electron chi connectivity index (χ2n) is 10.1. The number of nitrogens with zero attached hydrogens (tertiary/aromatic N) is 6. The molecule has 190 valence electrons. The van der Waals surface area contributed by atoms with E-state index in [1.54, 1.807) is 27.0 Å². The number of hydroxylamine groups is 2. The molecule has 0 atom stereocenters. The van der Waals surface area contributed by atoms with Crippen molar-refractivity contribution in [1.29, 1.82) is 0 Å². The van der Waals surface area contributed by atoms with Gasteiger partial charge in [0.25, 0.3) is 0 Å². The highest BCUT2D eigenvalue weighted by Gasteiger charge is 2.32. The molecule has 36 heavy (non-hydrogen) atoms. The quantitative estimate of drug-likeness (QED) is 0.446. The molecule has 1 fully saturated rings. The van der Waals surface area contributed by atoms with Crippen LogP contribution in [0.4, 0.5) is 4.79 Å². The fourth-order valence-electron chi connectivity index (χ4n) is 4.66. The maximum absolute atomic E-state index is 12.4. The van der Waals surface area contributed by atoms with Crippen molar-refractivity contribution < 1.29 is 19.1 Å². The first kappa shape index (κ1) is 24.5. The van der Waals surface area contributed by atoms with Gasteiger partial charge in [-0.05, 0) is 76.3 Å². The molecule has 5 rings (SSSR count). The molecular weight excluding hydrogens is 484 g/mol. The Morgan fingerprint density at radius 3 is 2.58 bits per heavy atom. The molecule has 0 spiro atoms. The summed E-state index contributed by atoms with van der Waals surface area (Å²) in [4.78, 5) is 17.9. The van der Waals surface area contributed by atoms with Crippen LogP contribution < -0.4 is 4.74 Å². The van der Waals surface area contributed by atoms with E-state index in [-0.39, 0.29) is 18.6 Å². The molecule has 0 bridgehead atoms. The zero-order chi connectivity index (χ0) is 25.3. The van der Waals surface area contributed by atoms with Gasteiger partial charge in [0.15, 0.2) is 5.82 Å². The summed E-state index contributed by atoms with van der Waals surface area (Å²) in [6, 6.07) is 9.34. The van der Waals surface area contributed by atoms with Crippen LogP contribution in [0.15, 0.2) is 36.5 Å². The standard InChI is InChI=1S/C25H29ClN6O4/c1-25(2,3)35-24(33)36-31-14-17-13-18(26)8-11-20(17)32-21(15-31)28-30-23(32)16-6-9-19(10-7-16)34-22-5-4-12-27-29-22/h4-5,8,11-13,16,19H,6-7,9-10,14-15H2,1-3H3. The van der Waals surface area contributed by atoms with Crippen LogP contribution in [-0.4, -0.2) is 47.9 Å². The third-order valence-corrected chi connectivity index (χ3v) is 6.40. The van der Waals surface area contributed by atoms with E-state index >= 15 is 0 Å². The molecule has 0 radical (unpaired) electrons. The van der Waals surface area contributed by atoms with Crippen LogP contribution in [0.5, 0.6) is 5.88 Å². The molecule has 1 aliphatic heterocycles. The number of aromatic nitrogens is 5. The normalized spacial score (nSPS) is 20.1. The highest BCUT2D eigenvalue weighted by Crippen LogP contribution is 2.37. The molecule has 3 aromatic rings. The van der Waals surface area contributed by atoms with Crippen molar-refractivity contribution in [2.75, 3.05) is 0 Å². The molecule has 0 saturated heterocycles. The van der Waals surface area contributed by atoms with Crippen molar-refractivity contribution >= 4 is 17.8 Å². The second-order valence-corrected chi connectivity index (χ2v) is 10.5. The fourth-order valence-corrected chi connectivity index (χ4v) is 4.86. The van der Waals surface area contributed by atoms with Gasteiger partial charge in [0.05, 0.1) is 18.8 Å². The lowest BCUT2D eigenvalue weighted by Gasteiger charge is -2.28. The van der Waals surface area contributed by atoms with Crippen molar-refractivity contribution in [3.63, 3.8) is 0 Å². The van der Waals surface area contributed by atoms with Gasteiger partial charge in [-0.3, -0.25) is 4.57 Å². The molecule has 2 aromatic heterocycles. The van der Waals surface area contributed by atoms with E-state index in [2.05, 4.69) is 25.0 Å². The number of rotatable bonds is 4. The number of hydrogen-bond acceptors (Lipinski definition) is 9. The van der Waals surface area contributed by atoms with Crippen LogP contribution in [0.25, 0.3) is 5.69 Å². The Morgan fingerprint density at radius 1 is 1.06 bits per heavy atom. The number of hydrogen-bond donors (Lipinski definition) is 0. The van der Waals surface area contributed by atoms with E-state index in [4.69, 9.17) is 25.9 Å². The Kier molecular flexibility index (Phi) is 6.81. The zero-order valence-electron chi connectivity index (χ0n) is 20.6. The van der Waals surface area contributed by atoms with E-state index in [9.17, 15) is 4.79 Å².